The highest BCUT2D eigenvalue weighted by molar-refractivity contribution is 6.21. The number of hydrogen-bond donors (Lipinski definition) is 1. The maximum atomic E-state index is 11.6. The molecule has 1 aromatic carbocycles. The van der Waals surface area contributed by atoms with Gasteiger partial charge in [-0.2, -0.15) is 0 Å². The molecular formula is C17H17NO8. The summed E-state index contributed by atoms with van der Waals surface area (Å²) < 4.78 is 8.69. The quantitative estimate of drug-likeness (QED) is 0.259. The number of aromatic carboxylic acids is 1. The monoisotopic (exact) mass is 363 g/mol. The zero-order valence-corrected chi connectivity index (χ0v) is 14.2. The van der Waals surface area contributed by atoms with E-state index in [0.29, 0.717) is 12.0 Å². The van der Waals surface area contributed by atoms with Gasteiger partial charge < -0.3 is 14.6 Å². The predicted octanol–water partition coefficient (Wildman–Crippen LogP) is 0.808. The van der Waals surface area contributed by atoms with Crippen LogP contribution in [-0.4, -0.2) is 60.5 Å². The van der Waals surface area contributed by atoms with Gasteiger partial charge in [-0.05, 0) is 24.6 Å². The van der Waals surface area contributed by atoms with Gasteiger partial charge >= 0.3 is 11.9 Å². The summed E-state index contributed by atoms with van der Waals surface area (Å²) in [6.07, 6.45) is 1.04. The Morgan fingerprint density at radius 2 is 1.77 bits per heavy atom. The fourth-order valence-electron chi connectivity index (χ4n) is 2.04. The van der Waals surface area contributed by atoms with E-state index in [1.54, 1.807) is 6.92 Å². The SMILES string of the molecule is C=CC(=O)OCCOC=O.Cc1cc2c(cc1C(=O)O)C(=O)N(C)C2=O. The largest absolute Gasteiger partial charge is 0.478 e. The molecule has 0 saturated heterocycles. The van der Waals surface area contributed by atoms with Crippen LogP contribution >= 0.6 is 0 Å². The molecule has 1 heterocycles. The Bertz CT molecular complexity index is 768. The molecule has 2 amide bonds. The molecule has 9 heteroatoms. The van der Waals surface area contributed by atoms with Crippen LogP contribution in [0.2, 0.25) is 0 Å². The predicted molar refractivity (Wildman–Crippen MR) is 87.7 cm³/mol. The Balaban J connectivity index is 0.000000294. The molecule has 0 saturated carbocycles. The number of nitrogens with zero attached hydrogens (tertiary/aromatic N) is 1. The lowest BCUT2D eigenvalue weighted by Crippen LogP contribution is -2.24. The minimum Gasteiger partial charge on any atom is -0.478 e. The van der Waals surface area contributed by atoms with Gasteiger partial charge in [-0.3, -0.25) is 19.3 Å². The van der Waals surface area contributed by atoms with Crippen molar-refractivity contribution in [2.24, 2.45) is 0 Å². The van der Waals surface area contributed by atoms with Crippen LogP contribution in [0.25, 0.3) is 0 Å². The average molecular weight is 363 g/mol. The number of carboxylic acid groups (broad SMARTS) is 1. The third kappa shape index (κ3) is 4.76. The molecule has 1 aliphatic rings. The molecule has 1 N–H and O–H groups in total. The minimum absolute atomic E-state index is 0.0511. The molecule has 138 valence electrons. The van der Waals surface area contributed by atoms with Crippen molar-refractivity contribution in [3.8, 4) is 0 Å². The zero-order valence-electron chi connectivity index (χ0n) is 14.2. The highest BCUT2D eigenvalue weighted by atomic mass is 16.6. The highest BCUT2D eigenvalue weighted by Gasteiger charge is 2.33. The summed E-state index contributed by atoms with van der Waals surface area (Å²) in [4.78, 5) is 54.9. The van der Waals surface area contributed by atoms with E-state index in [-0.39, 0.29) is 35.8 Å². The van der Waals surface area contributed by atoms with E-state index in [2.05, 4.69) is 16.1 Å². The van der Waals surface area contributed by atoms with Crippen LogP contribution in [0.15, 0.2) is 24.8 Å². The van der Waals surface area contributed by atoms with Gasteiger partial charge in [-0.15, -0.1) is 0 Å². The van der Waals surface area contributed by atoms with Crippen molar-refractivity contribution in [2.75, 3.05) is 20.3 Å². The Morgan fingerprint density at radius 3 is 2.27 bits per heavy atom. The van der Waals surface area contributed by atoms with Crippen molar-refractivity contribution in [1.82, 2.24) is 4.90 Å². The summed E-state index contributed by atoms with van der Waals surface area (Å²) in [7, 11) is 1.38. The molecule has 1 aromatic rings. The molecule has 1 aliphatic heterocycles. The molecule has 0 atom stereocenters. The normalized spacial score (nSPS) is 11.8. The second-order valence-corrected chi connectivity index (χ2v) is 5.03. The number of rotatable bonds is 6. The molecular weight excluding hydrogens is 346 g/mol. The van der Waals surface area contributed by atoms with Gasteiger partial charge in [-0.25, -0.2) is 9.59 Å². The van der Waals surface area contributed by atoms with E-state index >= 15 is 0 Å². The first-order valence-corrected chi connectivity index (χ1v) is 7.29. The Hall–Kier alpha value is -3.49. The molecule has 0 bridgehead atoms. The van der Waals surface area contributed by atoms with E-state index < -0.39 is 17.8 Å². The molecule has 0 aromatic heterocycles. The number of ether oxygens (including phenoxy) is 2. The zero-order chi connectivity index (χ0) is 19.9. The smallest absolute Gasteiger partial charge is 0.335 e. The van der Waals surface area contributed by atoms with E-state index in [1.807, 2.05) is 0 Å². The topological polar surface area (TPSA) is 127 Å². The fraction of sp³-hybridized carbons (Fsp3) is 0.235. The third-order valence-electron chi connectivity index (χ3n) is 3.35. The Labute approximate surface area is 148 Å². The number of carbonyl (C=O) groups is 5. The Kier molecular flexibility index (Phi) is 7.20. The van der Waals surface area contributed by atoms with Crippen LogP contribution in [0.3, 0.4) is 0 Å². The van der Waals surface area contributed by atoms with Gasteiger partial charge in [-0.1, -0.05) is 6.58 Å². The number of hydrogen-bond acceptors (Lipinski definition) is 7. The van der Waals surface area contributed by atoms with Crippen molar-refractivity contribution >= 4 is 30.2 Å². The number of benzene rings is 1. The maximum Gasteiger partial charge on any atom is 0.335 e. The van der Waals surface area contributed by atoms with Crippen LogP contribution in [0.1, 0.15) is 36.6 Å². The number of amides is 2. The van der Waals surface area contributed by atoms with Crippen LogP contribution in [0.4, 0.5) is 0 Å². The average Bonchev–Trinajstić information content (AvgIpc) is 2.82. The first-order valence-electron chi connectivity index (χ1n) is 7.29. The minimum atomic E-state index is -1.10. The standard InChI is InChI=1S/C11H9NO4.C6H8O4/c1-5-3-7-8(4-6(5)11(15)16)10(14)12(2)9(7)13;1-2-6(8)10-4-3-9-5-7/h3-4H,1-2H3,(H,15,16);2,5H,1,3-4H2. The molecule has 0 spiro atoms. The van der Waals surface area contributed by atoms with Gasteiger partial charge in [0.2, 0.25) is 0 Å². The maximum absolute atomic E-state index is 11.6. The summed E-state index contributed by atoms with van der Waals surface area (Å²) >= 11 is 0. The third-order valence-corrected chi connectivity index (χ3v) is 3.35. The molecule has 0 fully saturated rings. The van der Waals surface area contributed by atoms with Crippen molar-refractivity contribution in [3.63, 3.8) is 0 Å². The molecule has 2 rings (SSSR count). The number of esters is 1. The number of aryl methyl sites for hydroxylation is 1. The summed E-state index contributed by atoms with van der Waals surface area (Å²) in [5.74, 6) is -2.47. The highest BCUT2D eigenvalue weighted by Crippen LogP contribution is 2.25. The van der Waals surface area contributed by atoms with Gasteiger partial charge in [0, 0.05) is 13.1 Å². The molecule has 0 radical (unpaired) electrons. The molecule has 0 aliphatic carbocycles. The van der Waals surface area contributed by atoms with Crippen LogP contribution < -0.4 is 0 Å². The first-order chi connectivity index (χ1) is 12.2. The molecule has 9 nitrogen and oxygen atoms in total. The van der Waals surface area contributed by atoms with Crippen LogP contribution in [0.5, 0.6) is 0 Å². The van der Waals surface area contributed by atoms with Gasteiger partial charge in [0.1, 0.15) is 13.2 Å². The molecule has 26 heavy (non-hydrogen) atoms. The van der Waals surface area contributed by atoms with Crippen molar-refractivity contribution in [3.05, 3.63) is 47.0 Å². The van der Waals surface area contributed by atoms with E-state index in [4.69, 9.17) is 5.11 Å². The van der Waals surface area contributed by atoms with Crippen LogP contribution in [-0.2, 0) is 19.1 Å². The number of imide groups is 1. The van der Waals surface area contributed by atoms with E-state index in [9.17, 15) is 24.0 Å². The van der Waals surface area contributed by atoms with E-state index in [0.717, 1.165) is 11.0 Å². The van der Waals surface area contributed by atoms with Gasteiger partial charge in [0.15, 0.2) is 0 Å². The van der Waals surface area contributed by atoms with Gasteiger partial charge in [0.25, 0.3) is 18.3 Å². The van der Waals surface area contributed by atoms with Crippen LogP contribution in [0, 0.1) is 6.92 Å². The molecule has 0 unspecified atom stereocenters. The second-order valence-electron chi connectivity index (χ2n) is 5.03. The number of carbonyl (C=O) groups excluding carboxylic acids is 4. The van der Waals surface area contributed by atoms with Crippen molar-refractivity contribution in [1.29, 1.82) is 0 Å². The fourth-order valence-corrected chi connectivity index (χ4v) is 2.04. The van der Waals surface area contributed by atoms with Gasteiger partial charge in [0.05, 0.1) is 16.7 Å². The lowest BCUT2D eigenvalue weighted by Gasteiger charge is -2.02. The number of carboxylic acids is 1. The lowest BCUT2D eigenvalue weighted by molar-refractivity contribution is -0.142. The van der Waals surface area contributed by atoms with Crippen molar-refractivity contribution < 1.29 is 38.6 Å². The van der Waals surface area contributed by atoms with E-state index in [1.165, 1.54) is 19.2 Å². The summed E-state index contributed by atoms with van der Waals surface area (Å²) in [6.45, 7) is 5.22. The van der Waals surface area contributed by atoms with Crippen molar-refractivity contribution in [2.45, 2.75) is 6.92 Å². The summed E-state index contributed by atoms with van der Waals surface area (Å²) in [5, 5.41) is 8.91. The second kappa shape index (κ2) is 9.11. The summed E-state index contributed by atoms with van der Waals surface area (Å²) in [5.41, 5.74) is 0.961. The lowest BCUT2D eigenvalue weighted by atomic mass is 10.0. The first kappa shape index (κ1) is 20.6. The number of fused-ring (bicyclic) bond motifs is 1. The summed E-state index contributed by atoms with van der Waals surface area (Å²) in [6, 6.07) is 2.71. The Morgan fingerprint density at radius 1 is 1.19 bits per heavy atom.